The van der Waals surface area contributed by atoms with Crippen LogP contribution in [0.2, 0.25) is 0 Å². The third-order valence-electron chi connectivity index (χ3n) is 2.82. The van der Waals surface area contributed by atoms with Crippen molar-refractivity contribution < 1.29 is 0 Å². The first-order chi connectivity index (χ1) is 8.58. The smallest absolute Gasteiger partial charge is 0.130 e. The number of hydrogen-bond acceptors (Lipinski definition) is 3. The number of halogens is 1. The van der Waals surface area contributed by atoms with Gasteiger partial charge in [-0.1, -0.05) is 39.5 Å². The monoisotopic (exact) mass is 313 g/mol. The molecule has 4 heteroatoms. The van der Waals surface area contributed by atoms with Gasteiger partial charge in [-0.25, -0.2) is 9.97 Å². The van der Waals surface area contributed by atoms with Gasteiger partial charge < -0.3 is 5.32 Å². The summed E-state index contributed by atoms with van der Waals surface area (Å²) in [6.07, 6.45) is 6.55. The van der Waals surface area contributed by atoms with E-state index < -0.39 is 0 Å². The standard InChI is InChI=1S/C14H24BrN3/c1-11(2)8-6-4-5-7-9-16-14-10-13(15)17-12(3)18-14/h10-11H,4-9H2,1-3H3,(H,16,17,18). The van der Waals surface area contributed by atoms with Gasteiger partial charge in [0.2, 0.25) is 0 Å². The van der Waals surface area contributed by atoms with E-state index in [-0.39, 0.29) is 0 Å². The predicted molar refractivity (Wildman–Crippen MR) is 80.9 cm³/mol. The second kappa shape index (κ2) is 8.46. The van der Waals surface area contributed by atoms with Gasteiger partial charge >= 0.3 is 0 Å². The zero-order valence-electron chi connectivity index (χ0n) is 11.7. The Bertz CT molecular complexity index is 333. The number of aryl methyl sites for hydroxylation is 1. The fourth-order valence-electron chi connectivity index (χ4n) is 1.87. The Hall–Kier alpha value is -0.640. The molecule has 0 fully saturated rings. The van der Waals surface area contributed by atoms with Crippen molar-refractivity contribution >= 4 is 21.7 Å². The summed E-state index contributed by atoms with van der Waals surface area (Å²) in [6, 6.07) is 1.92. The summed E-state index contributed by atoms with van der Waals surface area (Å²) in [7, 11) is 0. The molecule has 0 saturated heterocycles. The lowest BCUT2D eigenvalue weighted by atomic mass is 10.0. The van der Waals surface area contributed by atoms with E-state index in [0.717, 1.165) is 28.7 Å². The summed E-state index contributed by atoms with van der Waals surface area (Å²) in [5.74, 6) is 2.55. The zero-order chi connectivity index (χ0) is 13.4. The largest absolute Gasteiger partial charge is 0.370 e. The third kappa shape index (κ3) is 6.94. The molecular formula is C14H24BrN3. The predicted octanol–water partition coefficient (Wildman–Crippen LogP) is 4.57. The molecule has 0 radical (unpaired) electrons. The number of nitrogens with one attached hydrogen (secondary N) is 1. The van der Waals surface area contributed by atoms with E-state index in [2.05, 4.69) is 45.1 Å². The van der Waals surface area contributed by atoms with Crippen LogP contribution in [0.1, 0.15) is 51.8 Å². The average Bonchev–Trinajstić information content (AvgIpc) is 2.26. The molecule has 1 heterocycles. The number of aromatic nitrogens is 2. The SMILES string of the molecule is Cc1nc(Br)cc(NCCCCCCC(C)C)n1. The van der Waals surface area contributed by atoms with Crippen molar-refractivity contribution in [2.45, 2.75) is 52.9 Å². The van der Waals surface area contributed by atoms with Gasteiger partial charge in [0.05, 0.1) is 0 Å². The molecule has 0 unspecified atom stereocenters. The molecule has 18 heavy (non-hydrogen) atoms. The van der Waals surface area contributed by atoms with E-state index in [0.29, 0.717) is 0 Å². The third-order valence-corrected chi connectivity index (χ3v) is 3.23. The lowest BCUT2D eigenvalue weighted by molar-refractivity contribution is 0.523. The molecule has 0 atom stereocenters. The van der Waals surface area contributed by atoms with Gasteiger partial charge in [0.25, 0.3) is 0 Å². The minimum absolute atomic E-state index is 0.795. The fourth-order valence-corrected chi connectivity index (χ4v) is 2.34. The van der Waals surface area contributed by atoms with Crippen LogP contribution in [0.15, 0.2) is 10.7 Å². The number of unbranched alkanes of at least 4 members (excludes halogenated alkanes) is 3. The molecule has 1 aromatic heterocycles. The van der Waals surface area contributed by atoms with Crippen LogP contribution in [0.25, 0.3) is 0 Å². The van der Waals surface area contributed by atoms with Crippen LogP contribution in [0.3, 0.4) is 0 Å². The van der Waals surface area contributed by atoms with Crippen LogP contribution in [0.4, 0.5) is 5.82 Å². The van der Waals surface area contributed by atoms with E-state index in [4.69, 9.17) is 0 Å². The van der Waals surface area contributed by atoms with E-state index in [1.54, 1.807) is 0 Å². The normalized spacial score (nSPS) is 10.9. The van der Waals surface area contributed by atoms with Crippen molar-refractivity contribution in [2.75, 3.05) is 11.9 Å². The minimum Gasteiger partial charge on any atom is -0.370 e. The Morgan fingerprint density at radius 2 is 1.89 bits per heavy atom. The number of nitrogens with zero attached hydrogens (tertiary/aromatic N) is 2. The quantitative estimate of drug-likeness (QED) is 0.564. The molecule has 102 valence electrons. The van der Waals surface area contributed by atoms with Gasteiger partial charge in [-0.3, -0.25) is 0 Å². The Kier molecular flexibility index (Phi) is 7.25. The zero-order valence-corrected chi connectivity index (χ0v) is 13.3. The topological polar surface area (TPSA) is 37.8 Å². The lowest BCUT2D eigenvalue weighted by Crippen LogP contribution is -2.05. The summed E-state index contributed by atoms with van der Waals surface area (Å²) in [5, 5.41) is 3.34. The van der Waals surface area contributed by atoms with Crippen molar-refractivity contribution in [1.29, 1.82) is 0 Å². The maximum absolute atomic E-state index is 4.34. The van der Waals surface area contributed by atoms with E-state index in [1.807, 2.05) is 13.0 Å². The lowest BCUT2D eigenvalue weighted by Gasteiger charge is -2.07. The number of rotatable bonds is 8. The van der Waals surface area contributed by atoms with Crippen LogP contribution in [-0.4, -0.2) is 16.5 Å². The Morgan fingerprint density at radius 1 is 1.17 bits per heavy atom. The molecular weight excluding hydrogens is 290 g/mol. The second-order valence-corrected chi connectivity index (χ2v) is 5.96. The van der Waals surface area contributed by atoms with Crippen molar-refractivity contribution in [3.05, 3.63) is 16.5 Å². The molecule has 0 aliphatic carbocycles. The van der Waals surface area contributed by atoms with Gasteiger partial charge in [-0.15, -0.1) is 0 Å². The highest BCUT2D eigenvalue weighted by molar-refractivity contribution is 9.10. The first kappa shape index (κ1) is 15.4. The number of anilines is 1. The van der Waals surface area contributed by atoms with Crippen molar-refractivity contribution in [1.82, 2.24) is 9.97 Å². The highest BCUT2D eigenvalue weighted by atomic mass is 79.9. The first-order valence-electron chi connectivity index (χ1n) is 6.83. The number of hydrogen-bond donors (Lipinski definition) is 1. The van der Waals surface area contributed by atoms with Crippen molar-refractivity contribution in [3.8, 4) is 0 Å². The average molecular weight is 314 g/mol. The van der Waals surface area contributed by atoms with Crippen LogP contribution in [-0.2, 0) is 0 Å². The van der Waals surface area contributed by atoms with Crippen LogP contribution >= 0.6 is 15.9 Å². The minimum atomic E-state index is 0.795. The molecule has 3 nitrogen and oxygen atoms in total. The molecule has 1 N–H and O–H groups in total. The molecule has 1 aromatic rings. The molecule has 0 aromatic carbocycles. The highest BCUT2D eigenvalue weighted by Crippen LogP contribution is 2.13. The van der Waals surface area contributed by atoms with Gasteiger partial charge in [0.1, 0.15) is 16.2 Å². The first-order valence-corrected chi connectivity index (χ1v) is 7.62. The molecule has 0 aliphatic rings. The summed E-state index contributed by atoms with van der Waals surface area (Å²) in [6.45, 7) is 7.47. The van der Waals surface area contributed by atoms with Crippen molar-refractivity contribution in [3.63, 3.8) is 0 Å². The highest BCUT2D eigenvalue weighted by Gasteiger charge is 1.99. The summed E-state index contributed by atoms with van der Waals surface area (Å²) in [5.41, 5.74) is 0. The molecule has 1 rings (SSSR count). The summed E-state index contributed by atoms with van der Waals surface area (Å²) < 4.78 is 0.842. The van der Waals surface area contributed by atoms with Crippen LogP contribution in [0, 0.1) is 12.8 Å². The van der Waals surface area contributed by atoms with Crippen molar-refractivity contribution in [2.24, 2.45) is 5.92 Å². The van der Waals surface area contributed by atoms with Crippen LogP contribution in [0.5, 0.6) is 0 Å². The van der Waals surface area contributed by atoms with Gasteiger partial charge in [0, 0.05) is 12.6 Å². The maximum Gasteiger partial charge on any atom is 0.130 e. The Morgan fingerprint density at radius 3 is 2.56 bits per heavy atom. The molecule has 0 bridgehead atoms. The van der Waals surface area contributed by atoms with Gasteiger partial charge in [0.15, 0.2) is 0 Å². The summed E-state index contributed by atoms with van der Waals surface area (Å²) >= 11 is 3.38. The second-order valence-electron chi connectivity index (χ2n) is 5.15. The summed E-state index contributed by atoms with van der Waals surface area (Å²) in [4.78, 5) is 8.52. The van der Waals surface area contributed by atoms with E-state index >= 15 is 0 Å². The molecule has 0 amide bonds. The Labute approximate surface area is 119 Å². The maximum atomic E-state index is 4.34. The fraction of sp³-hybridized carbons (Fsp3) is 0.714. The van der Waals surface area contributed by atoms with E-state index in [1.165, 1.54) is 32.1 Å². The molecule has 0 aliphatic heterocycles. The molecule has 0 saturated carbocycles. The van der Waals surface area contributed by atoms with Gasteiger partial charge in [-0.05, 0) is 35.2 Å². The van der Waals surface area contributed by atoms with Gasteiger partial charge in [-0.2, -0.15) is 0 Å². The van der Waals surface area contributed by atoms with E-state index in [9.17, 15) is 0 Å². The Balaban J connectivity index is 2.10. The van der Waals surface area contributed by atoms with Crippen LogP contribution < -0.4 is 5.32 Å². The molecule has 0 spiro atoms.